The van der Waals surface area contributed by atoms with Gasteiger partial charge >= 0.3 is 0 Å². The van der Waals surface area contributed by atoms with Crippen molar-refractivity contribution < 1.29 is 13.2 Å². The fourth-order valence-electron chi connectivity index (χ4n) is 1.24. The van der Waals surface area contributed by atoms with Gasteiger partial charge in [0, 0.05) is 0 Å². The third-order valence-corrected chi connectivity index (χ3v) is 1.91. The largest absolute Gasteiger partial charge is 0.444 e. The van der Waals surface area contributed by atoms with Gasteiger partial charge in [0.15, 0.2) is 5.82 Å². The Bertz CT molecular complexity index is 508. The van der Waals surface area contributed by atoms with E-state index in [1.165, 1.54) is 6.26 Å². The molecule has 1 aromatic carbocycles. The molecule has 0 unspecified atom stereocenters. The average molecular weight is 210 g/mol. The summed E-state index contributed by atoms with van der Waals surface area (Å²) in [6.45, 7) is 1.69. The Hall–Kier alpha value is -1.91. The molecule has 0 radical (unpaired) electrons. The van der Waals surface area contributed by atoms with Crippen molar-refractivity contribution in [1.29, 1.82) is 0 Å². The fraction of sp³-hybridized carbons (Fsp3) is 0.100. The van der Waals surface area contributed by atoms with Gasteiger partial charge in [-0.05, 0) is 19.1 Å². The van der Waals surface area contributed by atoms with Crippen molar-refractivity contribution in [1.82, 2.24) is 4.98 Å². The van der Waals surface area contributed by atoms with Crippen LogP contribution in [0.25, 0.3) is 11.5 Å². The summed E-state index contributed by atoms with van der Waals surface area (Å²) in [6, 6.07) is 1.91. The second-order valence-electron chi connectivity index (χ2n) is 3.15. The molecule has 0 aliphatic heterocycles. The fourth-order valence-corrected chi connectivity index (χ4v) is 1.24. The van der Waals surface area contributed by atoms with Crippen LogP contribution in [0.15, 0.2) is 22.8 Å². The van der Waals surface area contributed by atoms with Crippen LogP contribution in [-0.4, -0.2) is 4.98 Å². The van der Waals surface area contributed by atoms with Gasteiger partial charge < -0.3 is 10.2 Å². The Balaban J connectivity index is 2.62. The molecule has 2 N–H and O–H groups in total. The van der Waals surface area contributed by atoms with Gasteiger partial charge in [-0.15, -0.1) is 0 Å². The van der Waals surface area contributed by atoms with Gasteiger partial charge in [0.05, 0.1) is 16.9 Å². The van der Waals surface area contributed by atoms with Crippen LogP contribution >= 0.6 is 0 Å². The number of rotatable bonds is 1. The Kier molecular flexibility index (Phi) is 2.15. The number of nitrogens with two attached hydrogens (primary N) is 1. The number of nitrogen functional groups attached to an aromatic ring is 1. The maximum absolute atomic E-state index is 13.5. The highest BCUT2D eigenvalue weighted by Crippen LogP contribution is 2.26. The lowest BCUT2D eigenvalue weighted by atomic mass is 10.2. The minimum Gasteiger partial charge on any atom is -0.444 e. The molecule has 3 nitrogen and oxygen atoms in total. The first-order valence-electron chi connectivity index (χ1n) is 4.25. The quantitative estimate of drug-likeness (QED) is 0.736. The van der Waals surface area contributed by atoms with E-state index < -0.39 is 11.6 Å². The first kappa shape index (κ1) is 9.64. The number of halogens is 2. The van der Waals surface area contributed by atoms with Crippen LogP contribution in [0.2, 0.25) is 0 Å². The standard InChI is InChI=1S/C10H8F2N2O/c1-5-4-15-10(14-5)7-2-6(11)3-8(13)9(7)12/h2-4H,13H2,1H3. The monoisotopic (exact) mass is 210 g/mol. The van der Waals surface area contributed by atoms with Crippen molar-refractivity contribution in [2.24, 2.45) is 0 Å². The van der Waals surface area contributed by atoms with E-state index in [4.69, 9.17) is 10.2 Å². The topological polar surface area (TPSA) is 52.0 Å². The maximum Gasteiger partial charge on any atom is 0.229 e. The summed E-state index contributed by atoms with van der Waals surface area (Å²) in [6.07, 6.45) is 1.36. The third-order valence-electron chi connectivity index (χ3n) is 1.91. The molecule has 1 aromatic heterocycles. The van der Waals surface area contributed by atoms with E-state index in [0.29, 0.717) is 5.69 Å². The number of anilines is 1. The Labute approximate surface area is 84.5 Å². The van der Waals surface area contributed by atoms with Crippen LogP contribution in [-0.2, 0) is 0 Å². The number of aryl methyl sites for hydroxylation is 1. The van der Waals surface area contributed by atoms with Crippen molar-refractivity contribution in [3.8, 4) is 11.5 Å². The van der Waals surface area contributed by atoms with Crippen molar-refractivity contribution in [2.45, 2.75) is 6.92 Å². The molecule has 0 atom stereocenters. The highest BCUT2D eigenvalue weighted by Gasteiger charge is 2.14. The zero-order valence-corrected chi connectivity index (χ0v) is 7.92. The predicted octanol–water partition coefficient (Wildman–Crippen LogP) is 2.51. The lowest BCUT2D eigenvalue weighted by Crippen LogP contribution is -1.95. The van der Waals surface area contributed by atoms with Crippen LogP contribution in [0.5, 0.6) is 0 Å². The number of hydrogen-bond acceptors (Lipinski definition) is 3. The molecule has 0 aliphatic carbocycles. The molecule has 1 heterocycles. The summed E-state index contributed by atoms with van der Waals surface area (Å²) in [5.41, 5.74) is 5.54. The second-order valence-corrected chi connectivity index (χ2v) is 3.15. The zero-order valence-electron chi connectivity index (χ0n) is 7.92. The third kappa shape index (κ3) is 1.68. The SMILES string of the molecule is Cc1coc(-c2cc(F)cc(N)c2F)n1. The molecule has 0 spiro atoms. The Morgan fingerprint density at radius 2 is 2.07 bits per heavy atom. The summed E-state index contributed by atoms with van der Waals surface area (Å²) in [5, 5.41) is 0. The highest BCUT2D eigenvalue weighted by atomic mass is 19.1. The summed E-state index contributed by atoms with van der Waals surface area (Å²) in [4.78, 5) is 3.90. The first-order chi connectivity index (χ1) is 7.08. The predicted molar refractivity (Wildman–Crippen MR) is 51.0 cm³/mol. The molecule has 2 rings (SSSR count). The second kappa shape index (κ2) is 3.34. The van der Waals surface area contributed by atoms with Gasteiger partial charge in [0.2, 0.25) is 5.89 Å². The molecule has 0 fully saturated rings. The number of nitrogens with zero attached hydrogens (tertiary/aromatic N) is 1. The molecule has 78 valence electrons. The van der Waals surface area contributed by atoms with Crippen LogP contribution in [0, 0.1) is 18.6 Å². The molecule has 0 saturated heterocycles. The Morgan fingerprint density at radius 3 is 2.67 bits per heavy atom. The van der Waals surface area contributed by atoms with E-state index in [-0.39, 0.29) is 17.1 Å². The molecule has 0 saturated carbocycles. The minimum absolute atomic E-state index is 0.0243. The van der Waals surface area contributed by atoms with E-state index in [2.05, 4.69) is 4.98 Å². The number of oxazole rings is 1. The molecule has 5 heteroatoms. The molecule has 0 amide bonds. The van der Waals surface area contributed by atoms with Gasteiger partial charge in [-0.25, -0.2) is 13.8 Å². The lowest BCUT2D eigenvalue weighted by Gasteiger charge is -2.01. The summed E-state index contributed by atoms with van der Waals surface area (Å²) in [5.74, 6) is -1.32. The van der Waals surface area contributed by atoms with E-state index >= 15 is 0 Å². The number of hydrogen-bond donors (Lipinski definition) is 1. The van der Waals surface area contributed by atoms with Crippen molar-refractivity contribution in [3.63, 3.8) is 0 Å². The van der Waals surface area contributed by atoms with Gasteiger partial charge in [0.25, 0.3) is 0 Å². The van der Waals surface area contributed by atoms with Crippen molar-refractivity contribution >= 4 is 5.69 Å². The summed E-state index contributed by atoms with van der Waals surface area (Å²) in [7, 11) is 0. The maximum atomic E-state index is 13.5. The minimum atomic E-state index is -0.724. The van der Waals surface area contributed by atoms with Crippen LogP contribution < -0.4 is 5.73 Å². The molecule has 0 bridgehead atoms. The van der Waals surface area contributed by atoms with Gasteiger partial charge in [-0.1, -0.05) is 0 Å². The van der Waals surface area contributed by atoms with Crippen molar-refractivity contribution in [3.05, 3.63) is 35.7 Å². The normalized spacial score (nSPS) is 10.6. The lowest BCUT2D eigenvalue weighted by molar-refractivity contribution is 0.557. The summed E-state index contributed by atoms with van der Waals surface area (Å²) < 4.78 is 31.4. The van der Waals surface area contributed by atoms with E-state index in [9.17, 15) is 8.78 Å². The van der Waals surface area contributed by atoms with Crippen molar-refractivity contribution in [2.75, 3.05) is 5.73 Å². The van der Waals surface area contributed by atoms with Crippen LogP contribution in [0.3, 0.4) is 0 Å². The Morgan fingerprint density at radius 1 is 1.33 bits per heavy atom. The van der Waals surface area contributed by atoms with Gasteiger partial charge in [-0.3, -0.25) is 0 Å². The molecule has 0 aliphatic rings. The van der Waals surface area contributed by atoms with Crippen LogP contribution in [0.1, 0.15) is 5.69 Å². The first-order valence-corrected chi connectivity index (χ1v) is 4.25. The molecular weight excluding hydrogens is 202 g/mol. The van der Waals surface area contributed by atoms with Gasteiger partial charge in [0.1, 0.15) is 12.1 Å². The molecular formula is C10H8F2N2O. The number of aromatic nitrogens is 1. The van der Waals surface area contributed by atoms with Crippen LogP contribution in [0.4, 0.5) is 14.5 Å². The molecule has 2 aromatic rings. The van der Waals surface area contributed by atoms with Gasteiger partial charge in [-0.2, -0.15) is 0 Å². The summed E-state index contributed by atoms with van der Waals surface area (Å²) >= 11 is 0. The van der Waals surface area contributed by atoms with E-state index in [1.54, 1.807) is 6.92 Å². The van der Waals surface area contributed by atoms with E-state index in [1.807, 2.05) is 0 Å². The number of benzene rings is 1. The smallest absolute Gasteiger partial charge is 0.229 e. The highest BCUT2D eigenvalue weighted by molar-refractivity contribution is 5.61. The molecule has 15 heavy (non-hydrogen) atoms. The van der Waals surface area contributed by atoms with E-state index in [0.717, 1.165) is 12.1 Å². The zero-order chi connectivity index (χ0) is 11.0. The average Bonchev–Trinajstić information content (AvgIpc) is 2.58.